The number of rotatable bonds is 3. The third-order valence-electron chi connectivity index (χ3n) is 4.99. The number of hydrogen-bond acceptors (Lipinski definition) is 5. The van der Waals surface area contributed by atoms with E-state index in [-0.39, 0.29) is 17.6 Å². The van der Waals surface area contributed by atoms with Crippen molar-refractivity contribution < 1.29 is 9.18 Å². The van der Waals surface area contributed by atoms with Crippen molar-refractivity contribution in [3.63, 3.8) is 0 Å². The number of anilines is 1. The number of thiazole rings is 1. The topological polar surface area (TPSA) is 53.7 Å². The van der Waals surface area contributed by atoms with E-state index < -0.39 is 0 Å². The predicted octanol–water partition coefficient (Wildman–Crippen LogP) is 3.32. The lowest BCUT2D eigenvalue weighted by Gasteiger charge is -2.36. The molecule has 1 fully saturated rings. The van der Waals surface area contributed by atoms with Crippen LogP contribution in [0.5, 0.6) is 0 Å². The maximum absolute atomic E-state index is 13.1. The third-order valence-corrected chi connectivity index (χ3v) is 6.11. The van der Waals surface area contributed by atoms with Crippen LogP contribution >= 0.6 is 11.3 Å². The first-order chi connectivity index (χ1) is 13.0. The number of carbonyl (C=O) groups excluding carboxylic acids is 1. The number of aromatic nitrogens is 3. The molecule has 1 saturated heterocycles. The Bertz CT molecular complexity index is 970. The minimum absolute atomic E-state index is 0.0523. The van der Waals surface area contributed by atoms with Crippen LogP contribution in [-0.4, -0.2) is 51.6 Å². The molecule has 1 aliphatic rings. The zero-order chi connectivity index (χ0) is 19.1. The Morgan fingerprint density at radius 3 is 2.41 bits per heavy atom. The van der Waals surface area contributed by atoms with E-state index in [4.69, 9.17) is 0 Å². The average molecular weight is 387 g/mol. The first-order valence-electron chi connectivity index (χ1n) is 9.10. The Morgan fingerprint density at radius 1 is 1.11 bits per heavy atom. The summed E-state index contributed by atoms with van der Waals surface area (Å²) in [7, 11) is 0. The number of fused-ring (bicyclic) bond motifs is 1. The number of amides is 1. The molecule has 0 radical (unpaired) electrons. The highest BCUT2D eigenvalue weighted by Crippen LogP contribution is 2.27. The van der Waals surface area contributed by atoms with Gasteiger partial charge in [-0.25, -0.2) is 4.39 Å². The first-order valence-corrected chi connectivity index (χ1v) is 9.91. The van der Waals surface area contributed by atoms with Crippen molar-refractivity contribution in [3.05, 3.63) is 46.5 Å². The number of benzene rings is 1. The summed E-state index contributed by atoms with van der Waals surface area (Å²) in [4.78, 5) is 18.6. The van der Waals surface area contributed by atoms with E-state index in [9.17, 15) is 9.18 Å². The molecule has 4 rings (SSSR count). The Labute approximate surface area is 161 Å². The molecule has 3 aromatic rings. The van der Waals surface area contributed by atoms with Crippen LogP contribution in [0.25, 0.3) is 4.96 Å². The zero-order valence-electron chi connectivity index (χ0n) is 15.6. The van der Waals surface area contributed by atoms with Crippen molar-refractivity contribution in [1.29, 1.82) is 0 Å². The molecule has 3 heterocycles. The first kappa shape index (κ1) is 17.9. The van der Waals surface area contributed by atoms with Crippen molar-refractivity contribution in [2.75, 3.05) is 31.1 Å². The van der Waals surface area contributed by atoms with Crippen LogP contribution in [0.3, 0.4) is 0 Å². The lowest BCUT2D eigenvalue weighted by Crippen LogP contribution is -2.48. The fourth-order valence-electron chi connectivity index (χ4n) is 3.46. The van der Waals surface area contributed by atoms with Crippen molar-refractivity contribution in [2.24, 2.45) is 0 Å². The molecule has 27 heavy (non-hydrogen) atoms. The number of nitrogens with zero attached hydrogens (tertiary/aromatic N) is 5. The second-order valence-corrected chi connectivity index (χ2v) is 8.08. The van der Waals surface area contributed by atoms with Gasteiger partial charge in [0.25, 0.3) is 5.91 Å². The number of piperazine rings is 1. The quantitative estimate of drug-likeness (QED) is 0.692. The number of hydrogen-bond donors (Lipinski definition) is 0. The van der Waals surface area contributed by atoms with Crippen molar-refractivity contribution in [1.82, 2.24) is 19.5 Å². The van der Waals surface area contributed by atoms with Crippen molar-refractivity contribution >= 4 is 27.9 Å². The van der Waals surface area contributed by atoms with Gasteiger partial charge in [-0.3, -0.25) is 9.20 Å². The largest absolute Gasteiger partial charge is 0.368 e. The molecule has 2 aromatic heterocycles. The van der Waals surface area contributed by atoms with Gasteiger partial charge in [-0.1, -0.05) is 25.2 Å². The van der Waals surface area contributed by atoms with Crippen LogP contribution < -0.4 is 4.90 Å². The summed E-state index contributed by atoms with van der Waals surface area (Å²) in [6.07, 6.45) is 0. The molecule has 1 aliphatic heterocycles. The second kappa shape index (κ2) is 6.92. The number of carbonyl (C=O) groups is 1. The summed E-state index contributed by atoms with van der Waals surface area (Å²) in [5.74, 6) is 0.951. The van der Waals surface area contributed by atoms with E-state index in [0.717, 1.165) is 40.1 Å². The van der Waals surface area contributed by atoms with Crippen LogP contribution in [0.1, 0.15) is 41.0 Å². The fourth-order valence-corrected chi connectivity index (χ4v) is 4.51. The van der Waals surface area contributed by atoms with E-state index in [1.807, 2.05) is 16.2 Å². The van der Waals surface area contributed by atoms with Crippen LogP contribution in [0.4, 0.5) is 10.1 Å². The summed E-state index contributed by atoms with van der Waals surface area (Å²) in [6.45, 7) is 8.86. The summed E-state index contributed by atoms with van der Waals surface area (Å²) in [5.41, 5.74) is 1.90. The second-order valence-electron chi connectivity index (χ2n) is 7.10. The van der Waals surface area contributed by atoms with Gasteiger partial charge in [-0.15, -0.1) is 10.2 Å². The van der Waals surface area contributed by atoms with Gasteiger partial charge in [-0.05, 0) is 31.2 Å². The third kappa shape index (κ3) is 3.18. The summed E-state index contributed by atoms with van der Waals surface area (Å²) >= 11 is 1.41. The standard InChI is InChI=1S/C19H22FN5OS/c1-12(2)17-21-22-19-25(17)13(3)16(27-19)18(26)24-10-8-23(9-11-24)15-6-4-14(20)5-7-15/h4-7,12H,8-11H2,1-3H3. The number of halogens is 1. The summed E-state index contributed by atoms with van der Waals surface area (Å²) in [5, 5.41) is 8.47. The van der Waals surface area contributed by atoms with E-state index in [0.29, 0.717) is 13.1 Å². The minimum Gasteiger partial charge on any atom is -0.368 e. The highest BCUT2D eigenvalue weighted by molar-refractivity contribution is 7.19. The predicted molar refractivity (Wildman–Crippen MR) is 104 cm³/mol. The molecule has 0 spiro atoms. The van der Waals surface area contributed by atoms with Gasteiger partial charge in [-0.2, -0.15) is 0 Å². The zero-order valence-corrected chi connectivity index (χ0v) is 16.5. The highest BCUT2D eigenvalue weighted by Gasteiger charge is 2.27. The molecule has 0 N–H and O–H groups in total. The Kier molecular flexibility index (Phi) is 4.59. The molecule has 0 bridgehead atoms. The molecule has 6 nitrogen and oxygen atoms in total. The molecule has 0 unspecified atom stereocenters. The van der Waals surface area contributed by atoms with Crippen LogP contribution in [-0.2, 0) is 0 Å². The molecular formula is C19H22FN5OS. The normalized spacial score (nSPS) is 15.1. The van der Waals surface area contributed by atoms with E-state index in [2.05, 4.69) is 28.9 Å². The maximum Gasteiger partial charge on any atom is 0.265 e. The minimum atomic E-state index is -0.235. The van der Waals surface area contributed by atoms with Crippen molar-refractivity contribution in [3.8, 4) is 0 Å². The van der Waals surface area contributed by atoms with Crippen LogP contribution in [0, 0.1) is 12.7 Å². The van der Waals surface area contributed by atoms with Crippen molar-refractivity contribution in [2.45, 2.75) is 26.7 Å². The van der Waals surface area contributed by atoms with Gasteiger partial charge in [0, 0.05) is 43.5 Å². The molecular weight excluding hydrogens is 365 g/mol. The highest BCUT2D eigenvalue weighted by atomic mass is 32.1. The van der Waals surface area contributed by atoms with Gasteiger partial charge < -0.3 is 9.80 Å². The van der Waals surface area contributed by atoms with Crippen LogP contribution in [0.15, 0.2) is 24.3 Å². The van der Waals surface area contributed by atoms with E-state index in [1.54, 1.807) is 12.1 Å². The van der Waals surface area contributed by atoms with Gasteiger partial charge >= 0.3 is 0 Å². The molecule has 0 atom stereocenters. The average Bonchev–Trinajstić information content (AvgIpc) is 3.22. The molecule has 1 amide bonds. The maximum atomic E-state index is 13.1. The molecule has 0 saturated carbocycles. The molecule has 142 valence electrons. The molecule has 1 aromatic carbocycles. The monoisotopic (exact) mass is 387 g/mol. The Hall–Kier alpha value is -2.48. The summed E-state index contributed by atoms with van der Waals surface area (Å²) < 4.78 is 15.1. The molecule has 8 heteroatoms. The smallest absolute Gasteiger partial charge is 0.265 e. The lowest BCUT2D eigenvalue weighted by molar-refractivity contribution is 0.0750. The SMILES string of the molecule is Cc1c(C(=O)N2CCN(c3ccc(F)cc3)CC2)sc2nnc(C(C)C)n12. The Morgan fingerprint density at radius 2 is 1.78 bits per heavy atom. The van der Waals surface area contributed by atoms with E-state index >= 15 is 0 Å². The van der Waals surface area contributed by atoms with Gasteiger partial charge in [0.05, 0.1) is 0 Å². The van der Waals surface area contributed by atoms with Gasteiger partial charge in [0.2, 0.25) is 4.96 Å². The fraction of sp³-hybridized carbons (Fsp3) is 0.421. The van der Waals surface area contributed by atoms with Crippen LogP contribution in [0.2, 0.25) is 0 Å². The van der Waals surface area contributed by atoms with Gasteiger partial charge in [0.1, 0.15) is 16.5 Å². The number of aryl methyl sites for hydroxylation is 1. The van der Waals surface area contributed by atoms with E-state index in [1.165, 1.54) is 23.5 Å². The Balaban J connectivity index is 1.50. The lowest BCUT2D eigenvalue weighted by atomic mass is 10.2. The molecule has 0 aliphatic carbocycles. The summed E-state index contributed by atoms with van der Waals surface area (Å²) in [6, 6.07) is 6.51. The van der Waals surface area contributed by atoms with Gasteiger partial charge in [0.15, 0.2) is 0 Å².